The van der Waals surface area contributed by atoms with E-state index >= 15 is 0 Å². The van der Waals surface area contributed by atoms with Crippen molar-refractivity contribution in [3.8, 4) is 5.75 Å². The van der Waals surface area contributed by atoms with Gasteiger partial charge in [-0.15, -0.1) is 0 Å². The highest BCUT2D eigenvalue weighted by Gasteiger charge is 2.45. The Hall–Kier alpha value is -2.00. The predicted octanol–water partition coefficient (Wildman–Crippen LogP) is 0.132. The molecule has 126 valence electrons. The molecule has 1 aromatic rings. The van der Waals surface area contributed by atoms with Crippen LogP contribution in [0.3, 0.4) is 0 Å². The number of aryl methyl sites for hydroxylation is 1. The molecule has 2 fully saturated rings. The second kappa shape index (κ2) is 5.00. The maximum Gasteiger partial charge on any atom is 0.263 e. The van der Waals surface area contributed by atoms with Gasteiger partial charge in [0.15, 0.2) is 6.23 Å². The van der Waals surface area contributed by atoms with Gasteiger partial charge in [-0.3, -0.25) is 19.3 Å². The zero-order valence-corrected chi connectivity index (χ0v) is 13.0. The molecule has 24 heavy (non-hydrogen) atoms. The molecule has 2 N–H and O–H groups in total. The maximum atomic E-state index is 12.7. The van der Waals surface area contributed by atoms with Crippen LogP contribution in [0.4, 0.5) is 0 Å². The van der Waals surface area contributed by atoms with Crippen molar-refractivity contribution in [1.82, 2.24) is 15.9 Å². The highest BCUT2D eigenvalue weighted by atomic mass is 16.9. The summed E-state index contributed by atoms with van der Waals surface area (Å²) in [5.74, 6) is 0.0501. The van der Waals surface area contributed by atoms with Crippen LogP contribution >= 0.6 is 0 Å². The smallest absolute Gasteiger partial charge is 0.263 e. The minimum absolute atomic E-state index is 0.152. The van der Waals surface area contributed by atoms with Crippen molar-refractivity contribution in [3.63, 3.8) is 0 Å². The monoisotopic (exact) mass is 331 g/mol. The summed E-state index contributed by atoms with van der Waals surface area (Å²) in [5.41, 5.74) is 3.93. The fourth-order valence-corrected chi connectivity index (χ4v) is 3.71. The molecular formula is C16H17N3O5. The SMILES string of the molecule is O=C1c2cc3c(cc2C(=O)N1C1CCONO1)OC1(CC3)CNC1. The molecule has 0 bridgehead atoms. The third-order valence-corrected chi connectivity index (χ3v) is 5.17. The van der Waals surface area contributed by atoms with E-state index in [0.717, 1.165) is 42.1 Å². The van der Waals surface area contributed by atoms with Gasteiger partial charge in [-0.05, 0) is 30.5 Å². The Labute approximate surface area is 137 Å². The number of nitrogens with zero attached hydrogens (tertiary/aromatic N) is 1. The topological polar surface area (TPSA) is 89.1 Å². The Morgan fingerprint density at radius 2 is 1.96 bits per heavy atom. The maximum absolute atomic E-state index is 12.7. The summed E-state index contributed by atoms with van der Waals surface area (Å²) < 4.78 is 6.14. The predicted molar refractivity (Wildman–Crippen MR) is 80.1 cm³/mol. The second-order valence-electron chi connectivity index (χ2n) is 6.67. The van der Waals surface area contributed by atoms with E-state index in [0.29, 0.717) is 24.2 Å². The lowest BCUT2D eigenvalue weighted by atomic mass is 9.85. The lowest BCUT2D eigenvalue weighted by Crippen LogP contribution is -2.64. The van der Waals surface area contributed by atoms with Crippen molar-refractivity contribution in [1.29, 1.82) is 0 Å². The molecule has 4 aliphatic rings. The van der Waals surface area contributed by atoms with Gasteiger partial charge in [0.1, 0.15) is 11.4 Å². The first-order valence-corrected chi connectivity index (χ1v) is 8.14. The number of hydrogen-bond acceptors (Lipinski definition) is 7. The van der Waals surface area contributed by atoms with Gasteiger partial charge in [0.05, 0.1) is 17.7 Å². The average molecular weight is 331 g/mol. The molecule has 4 aliphatic heterocycles. The van der Waals surface area contributed by atoms with E-state index in [4.69, 9.17) is 14.4 Å². The van der Waals surface area contributed by atoms with E-state index in [-0.39, 0.29) is 17.4 Å². The Bertz CT molecular complexity index is 739. The third-order valence-electron chi connectivity index (χ3n) is 5.17. The largest absolute Gasteiger partial charge is 0.484 e. The molecule has 2 amide bonds. The number of fused-ring (bicyclic) bond motifs is 2. The lowest BCUT2D eigenvalue weighted by Gasteiger charge is -2.45. The Balaban J connectivity index is 1.50. The Morgan fingerprint density at radius 1 is 1.17 bits per heavy atom. The van der Waals surface area contributed by atoms with Gasteiger partial charge in [-0.1, -0.05) is 5.64 Å². The second-order valence-corrected chi connectivity index (χ2v) is 6.67. The van der Waals surface area contributed by atoms with Crippen molar-refractivity contribution in [3.05, 3.63) is 28.8 Å². The molecule has 2 saturated heterocycles. The number of amides is 2. The summed E-state index contributed by atoms with van der Waals surface area (Å²) in [6.07, 6.45) is 1.54. The number of nitrogens with one attached hydrogen (secondary N) is 2. The van der Waals surface area contributed by atoms with Crippen LogP contribution in [0.25, 0.3) is 0 Å². The summed E-state index contributed by atoms with van der Waals surface area (Å²) in [4.78, 5) is 36.7. The van der Waals surface area contributed by atoms with Crippen LogP contribution < -0.4 is 15.7 Å². The minimum Gasteiger partial charge on any atom is -0.484 e. The van der Waals surface area contributed by atoms with Gasteiger partial charge in [0, 0.05) is 19.5 Å². The third kappa shape index (κ3) is 1.94. The van der Waals surface area contributed by atoms with Gasteiger partial charge in [-0.2, -0.15) is 0 Å². The first kappa shape index (κ1) is 14.4. The minimum atomic E-state index is -0.661. The zero-order chi connectivity index (χ0) is 16.3. The first-order valence-electron chi connectivity index (χ1n) is 8.14. The van der Waals surface area contributed by atoms with Gasteiger partial charge < -0.3 is 10.1 Å². The highest BCUT2D eigenvalue weighted by molar-refractivity contribution is 6.21. The summed E-state index contributed by atoms with van der Waals surface area (Å²) in [7, 11) is 0. The van der Waals surface area contributed by atoms with E-state index in [9.17, 15) is 9.59 Å². The molecule has 0 radical (unpaired) electrons. The van der Waals surface area contributed by atoms with Crippen LogP contribution in [0.1, 0.15) is 39.1 Å². The number of carbonyl (C=O) groups excluding carboxylic acids is 2. The van der Waals surface area contributed by atoms with Crippen molar-refractivity contribution >= 4 is 11.8 Å². The molecule has 8 nitrogen and oxygen atoms in total. The van der Waals surface area contributed by atoms with Crippen molar-refractivity contribution < 1.29 is 24.0 Å². The van der Waals surface area contributed by atoms with Gasteiger partial charge >= 0.3 is 0 Å². The van der Waals surface area contributed by atoms with Gasteiger partial charge in [0.25, 0.3) is 11.8 Å². The number of carbonyl (C=O) groups is 2. The van der Waals surface area contributed by atoms with Crippen LogP contribution in [0.5, 0.6) is 5.75 Å². The molecule has 0 saturated carbocycles. The number of benzene rings is 1. The highest BCUT2D eigenvalue weighted by Crippen LogP contribution is 2.39. The number of imide groups is 1. The Morgan fingerprint density at radius 3 is 2.62 bits per heavy atom. The van der Waals surface area contributed by atoms with E-state index in [1.165, 1.54) is 0 Å². The van der Waals surface area contributed by atoms with Crippen molar-refractivity contribution in [2.75, 3.05) is 19.7 Å². The van der Waals surface area contributed by atoms with Crippen LogP contribution in [0, 0.1) is 0 Å². The molecule has 8 heteroatoms. The number of ether oxygens (including phenoxy) is 1. The molecule has 0 aliphatic carbocycles. The molecule has 1 unspecified atom stereocenters. The van der Waals surface area contributed by atoms with Gasteiger partial charge in [-0.25, -0.2) is 4.90 Å². The molecule has 1 aromatic carbocycles. The van der Waals surface area contributed by atoms with Crippen LogP contribution in [0.2, 0.25) is 0 Å². The summed E-state index contributed by atoms with van der Waals surface area (Å²) in [6, 6.07) is 3.52. The van der Waals surface area contributed by atoms with Crippen molar-refractivity contribution in [2.24, 2.45) is 0 Å². The fraction of sp³-hybridized carbons (Fsp3) is 0.500. The lowest BCUT2D eigenvalue weighted by molar-refractivity contribution is -0.259. The molecular weight excluding hydrogens is 314 g/mol. The van der Waals surface area contributed by atoms with Crippen LogP contribution in [0.15, 0.2) is 12.1 Å². The van der Waals surface area contributed by atoms with Crippen molar-refractivity contribution in [2.45, 2.75) is 31.1 Å². The molecule has 0 aromatic heterocycles. The van der Waals surface area contributed by atoms with E-state index in [1.54, 1.807) is 12.1 Å². The Kier molecular flexibility index (Phi) is 2.99. The average Bonchev–Trinajstić information content (AvgIpc) is 2.82. The van der Waals surface area contributed by atoms with E-state index in [2.05, 4.69) is 11.0 Å². The summed E-state index contributed by atoms with van der Waals surface area (Å²) >= 11 is 0. The number of hydrogen-bond donors (Lipinski definition) is 2. The van der Waals surface area contributed by atoms with Crippen LogP contribution in [-0.2, 0) is 16.1 Å². The zero-order valence-electron chi connectivity index (χ0n) is 13.0. The quantitative estimate of drug-likeness (QED) is 0.707. The molecule has 1 atom stereocenters. The fourth-order valence-electron chi connectivity index (χ4n) is 3.71. The molecule has 4 heterocycles. The van der Waals surface area contributed by atoms with Crippen LogP contribution in [-0.4, -0.2) is 48.2 Å². The number of rotatable bonds is 1. The molecule has 1 spiro atoms. The summed E-state index contributed by atoms with van der Waals surface area (Å²) in [5, 5.41) is 3.23. The first-order chi connectivity index (χ1) is 11.7. The normalized spacial score (nSPS) is 27.5. The standard InChI is InChI=1S/C16H17N3O5/c20-14-10-5-9-1-3-16(7-17-8-16)23-12(9)6-11(10)15(21)19(14)13-2-4-22-18-24-13/h5-6,13,17-18H,1-4,7-8H2. The van der Waals surface area contributed by atoms with E-state index < -0.39 is 6.23 Å². The van der Waals surface area contributed by atoms with Gasteiger partial charge in [0.2, 0.25) is 0 Å². The summed E-state index contributed by atoms with van der Waals surface area (Å²) in [6.45, 7) is 2.02. The van der Waals surface area contributed by atoms with E-state index in [1.807, 2.05) is 0 Å². The molecule has 5 rings (SSSR count).